The number of nitrogens with zero attached hydrogens (tertiary/aromatic N) is 3. The average Bonchev–Trinajstić information content (AvgIpc) is 3.18. The first-order chi connectivity index (χ1) is 13.1. The maximum atomic E-state index is 12.5. The van der Waals surface area contributed by atoms with E-state index in [1.807, 2.05) is 36.7 Å². The number of nitrogens with one attached hydrogen (secondary N) is 2. The third kappa shape index (κ3) is 5.69. The summed E-state index contributed by atoms with van der Waals surface area (Å²) in [6.07, 6.45) is 4.82. The van der Waals surface area contributed by atoms with Crippen molar-refractivity contribution in [3.63, 3.8) is 0 Å². The molecule has 3 rings (SSSR count). The summed E-state index contributed by atoms with van der Waals surface area (Å²) in [6, 6.07) is 6.35. The van der Waals surface area contributed by atoms with E-state index in [0.717, 1.165) is 49.2 Å². The topological polar surface area (TPSA) is 81.1 Å². The molecule has 1 amide bonds. The number of carbonyl (C=O) groups excluding carboxylic acids is 1. The van der Waals surface area contributed by atoms with E-state index in [0.29, 0.717) is 18.3 Å². The van der Waals surface area contributed by atoms with Crippen molar-refractivity contribution in [3.05, 3.63) is 41.2 Å². The molecule has 154 valence electrons. The van der Waals surface area contributed by atoms with Crippen LogP contribution in [-0.2, 0) is 6.54 Å². The Kier molecular flexibility index (Phi) is 8.26. The summed E-state index contributed by atoms with van der Waals surface area (Å²) in [5.74, 6) is 0.605. The van der Waals surface area contributed by atoms with Gasteiger partial charge in [0.25, 0.3) is 5.91 Å². The molecule has 1 atom stereocenters. The summed E-state index contributed by atoms with van der Waals surface area (Å²) in [7, 11) is 0. The number of benzene rings is 1. The summed E-state index contributed by atoms with van der Waals surface area (Å²) in [5.41, 5.74) is 2.44. The molecular formula is C20H30ClN5O2. The molecule has 28 heavy (non-hydrogen) atoms. The molecule has 0 radical (unpaired) electrons. The fraction of sp³-hybridized carbons (Fsp3) is 0.550. The van der Waals surface area contributed by atoms with E-state index < -0.39 is 0 Å². The Balaban J connectivity index is 0.00000280. The first kappa shape index (κ1) is 22.2. The number of halogens is 1. The Morgan fingerprint density at radius 1 is 1.39 bits per heavy atom. The highest BCUT2D eigenvalue weighted by molar-refractivity contribution is 5.91. The van der Waals surface area contributed by atoms with Gasteiger partial charge in [-0.3, -0.25) is 4.79 Å². The Hall–Kier alpha value is -2.12. The molecule has 0 spiro atoms. The minimum absolute atomic E-state index is 0. The van der Waals surface area contributed by atoms with Crippen LogP contribution in [0.1, 0.15) is 60.8 Å². The maximum absolute atomic E-state index is 12.5. The summed E-state index contributed by atoms with van der Waals surface area (Å²) >= 11 is 0. The third-order valence-electron chi connectivity index (χ3n) is 4.99. The largest absolute Gasteiger partial charge is 0.490 e. The minimum atomic E-state index is -0.217. The summed E-state index contributed by atoms with van der Waals surface area (Å²) in [6.45, 7) is 8.50. The SMILES string of the molecule is CCC(C)Oc1cc(C)ccc1CNC(=O)c1cn(C2CCNCC2)nn1.Cl. The molecule has 2 aromatic rings. The predicted molar refractivity (Wildman–Crippen MR) is 111 cm³/mol. The van der Waals surface area contributed by atoms with Crippen molar-refractivity contribution in [2.45, 2.75) is 58.7 Å². The van der Waals surface area contributed by atoms with E-state index in [9.17, 15) is 4.79 Å². The fourth-order valence-electron chi connectivity index (χ4n) is 3.11. The highest BCUT2D eigenvalue weighted by Crippen LogP contribution is 2.22. The normalized spacial score (nSPS) is 15.5. The van der Waals surface area contributed by atoms with E-state index in [1.54, 1.807) is 6.20 Å². The van der Waals surface area contributed by atoms with E-state index >= 15 is 0 Å². The van der Waals surface area contributed by atoms with Crippen molar-refractivity contribution in [2.24, 2.45) is 0 Å². The van der Waals surface area contributed by atoms with Crippen LogP contribution in [0.5, 0.6) is 5.75 Å². The van der Waals surface area contributed by atoms with Crippen LogP contribution in [0.2, 0.25) is 0 Å². The van der Waals surface area contributed by atoms with Gasteiger partial charge < -0.3 is 15.4 Å². The number of amides is 1. The summed E-state index contributed by atoms with van der Waals surface area (Å²) in [4.78, 5) is 12.5. The standard InChI is InChI=1S/C20H29N5O2.ClH/c1-4-15(3)27-19-11-14(2)5-6-16(19)12-22-20(26)18-13-25(24-23-18)17-7-9-21-10-8-17;/h5-6,11,13,15,17,21H,4,7-10,12H2,1-3H3,(H,22,26);1H. The Bertz CT molecular complexity index is 774. The highest BCUT2D eigenvalue weighted by Gasteiger charge is 2.19. The van der Waals surface area contributed by atoms with Gasteiger partial charge in [0.15, 0.2) is 5.69 Å². The van der Waals surface area contributed by atoms with Crippen molar-refractivity contribution in [2.75, 3.05) is 13.1 Å². The van der Waals surface area contributed by atoms with Gasteiger partial charge in [-0.05, 0) is 57.8 Å². The van der Waals surface area contributed by atoms with Crippen molar-refractivity contribution in [1.29, 1.82) is 0 Å². The lowest BCUT2D eigenvalue weighted by atomic mass is 10.1. The number of carbonyl (C=O) groups is 1. The predicted octanol–water partition coefficient (Wildman–Crippen LogP) is 3.04. The van der Waals surface area contributed by atoms with Crippen LogP contribution >= 0.6 is 12.4 Å². The van der Waals surface area contributed by atoms with Crippen LogP contribution in [0.25, 0.3) is 0 Å². The molecule has 1 saturated heterocycles. The first-order valence-electron chi connectivity index (χ1n) is 9.73. The second-order valence-corrected chi connectivity index (χ2v) is 7.20. The van der Waals surface area contributed by atoms with Crippen molar-refractivity contribution in [1.82, 2.24) is 25.6 Å². The van der Waals surface area contributed by atoms with E-state index in [4.69, 9.17) is 4.74 Å². The lowest BCUT2D eigenvalue weighted by molar-refractivity contribution is 0.0945. The zero-order valence-corrected chi connectivity index (χ0v) is 17.6. The maximum Gasteiger partial charge on any atom is 0.273 e. The molecule has 0 saturated carbocycles. The van der Waals surface area contributed by atoms with Crippen LogP contribution in [0.3, 0.4) is 0 Å². The summed E-state index contributed by atoms with van der Waals surface area (Å²) in [5, 5.41) is 14.5. The summed E-state index contributed by atoms with van der Waals surface area (Å²) < 4.78 is 7.83. The van der Waals surface area contributed by atoms with Crippen LogP contribution in [0, 0.1) is 6.92 Å². The molecule has 0 aliphatic carbocycles. The van der Waals surface area contributed by atoms with Gasteiger partial charge >= 0.3 is 0 Å². The number of piperidine rings is 1. The van der Waals surface area contributed by atoms with Gasteiger partial charge in [0, 0.05) is 12.1 Å². The van der Waals surface area contributed by atoms with Crippen molar-refractivity contribution < 1.29 is 9.53 Å². The second-order valence-electron chi connectivity index (χ2n) is 7.20. The highest BCUT2D eigenvalue weighted by atomic mass is 35.5. The van der Waals surface area contributed by atoms with E-state index in [2.05, 4.69) is 27.9 Å². The number of hydrogen-bond donors (Lipinski definition) is 2. The van der Waals surface area contributed by atoms with Crippen molar-refractivity contribution >= 4 is 18.3 Å². The zero-order valence-electron chi connectivity index (χ0n) is 16.8. The van der Waals surface area contributed by atoms with Gasteiger partial charge in [0.2, 0.25) is 0 Å². The Labute approximate surface area is 172 Å². The third-order valence-corrected chi connectivity index (χ3v) is 4.99. The minimum Gasteiger partial charge on any atom is -0.490 e. The second kappa shape index (κ2) is 10.4. The Morgan fingerprint density at radius 3 is 2.86 bits per heavy atom. The van der Waals surface area contributed by atoms with Gasteiger partial charge in [-0.25, -0.2) is 4.68 Å². The number of ether oxygens (including phenoxy) is 1. The van der Waals surface area contributed by atoms with Crippen LogP contribution in [0.15, 0.2) is 24.4 Å². The number of rotatable bonds is 7. The molecular weight excluding hydrogens is 378 g/mol. The molecule has 1 fully saturated rings. The van der Waals surface area contributed by atoms with Crippen LogP contribution in [0.4, 0.5) is 0 Å². The van der Waals surface area contributed by atoms with Crippen molar-refractivity contribution in [3.8, 4) is 5.75 Å². The molecule has 2 N–H and O–H groups in total. The smallest absolute Gasteiger partial charge is 0.273 e. The van der Waals surface area contributed by atoms with Gasteiger partial charge in [-0.15, -0.1) is 17.5 Å². The zero-order chi connectivity index (χ0) is 19.2. The molecule has 8 heteroatoms. The van der Waals surface area contributed by atoms with E-state index in [-0.39, 0.29) is 24.4 Å². The van der Waals surface area contributed by atoms with Gasteiger partial charge in [-0.2, -0.15) is 0 Å². The molecule has 1 aromatic heterocycles. The average molecular weight is 408 g/mol. The molecule has 1 aromatic carbocycles. The van der Waals surface area contributed by atoms with Crippen LogP contribution in [-0.4, -0.2) is 40.1 Å². The molecule has 1 aliphatic heterocycles. The molecule has 7 nitrogen and oxygen atoms in total. The van der Waals surface area contributed by atoms with Gasteiger partial charge in [0.05, 0.1) is 18.3 Å². The molecule has 1 aliphatic rings. The number of aromatic nitrogens is 3. The quantitative estimate of drug-likeness (QED) is 0.737. The Morgan fingerprint density at radius 2 is 2.14 bits per heavy atom. The van der Waals surface area contributed by atoms with Gasteiger partial charge in [-0.1, -0.05) is 24.3 Å². The number of aryl methyl sites for hydroxylation is 1. The molecule has 2 heterocycles. The lowest BCUT2D eigenvalue weighted by Crippen LogP contribution is -2.29. The van der Waals surface area contributed by atoms with Gasteiger partial charge in [0.1, 0.15) is 5.75 Å². The number of hydrogen-bond acceptors (Lipinski definition) is 5. The molecule has 1 unspecified atom stereocenters. The van der Waals surface area contributed by atoms with E-state index in [1.165, 1.54) is 0 Å². The lowest BCUT2D eigenvalue weighted by Gasteiger charge is -2.22. The monoisotopic (exact) mass is 407 g/mol. The fourth-order valence-corrected chi connectivity index (χ4v) is 3.11. The molecule has 0 bridgehead atoms. The van der Waals surface area contributed by atoms with Crippen LogP contribution < -0.4 is 15.4 Å². The first-order valence-corrected chi connectivity index (χ1v) is 9.73.